The molecule has 0 spiro atoms. The monoisotopic (exact) mass is 332 g/mol. The average molecular weight is 332 g/mol. The van der Waals surface area contributed by atoms with Gasteiger partial charge in [-0.2, -0.15) is 0 Å². The van der Waals surface area contributed by atoms with Gasteiger partial charge in [-0.3, -0.25) is 4.79 Å². The predicted octanol–water partition coefficient (Wildman–Crippen LogP) is 3.48. The molecule has 0 radical (unpaired) electrons. The molecule has 0 saturated carbocycles. The molecule has 0 aliphatic carbocycles. The number of carbonyl (C=O) groups is 3. The number of ketones is 1. The second kappa shape index (κ2) is 7.43. The molecule has 0 aromatic heterocycles. The summed E-state index contributed by atoms with van der Waals surface area (Å²) in [7, 11) is 0. The van der Waals surface area contributed by atoms with E-state index in [4.69, 9.17) is 9.47 Å². The first kappa shape index (κ1) is 19.6. The van der Waals surface area contributed by atoms with Crippen molar-refractivity contribution in [1.29, 1.82) is 0 Å². The zero-order valence-corrected chi connectivity index (χ0v) is 15.0. The van der Waals surface area contributed by atoms with Gasteiger partial charge in [0.15, 0.2) is 5.78 Å². The number of benzene rings is 1. The van der Waals surface area contributed by atoms with Crippen molar-refractivity contribution in [2.75, 3.05) is 0 Å². The molecule has 0 N–H and O–H groups in total. The molecular weight excluding hydrogens is 308 g/mol. The topological polar surface area (TPSA) is 69.7 Å². The summed E-state index contributed by atoms with van der Waals surface area (Å²) in [5.74, 6) is -2.25. The lowest BCUT2D eigenvalue weighted by Crippen LogP contribution is -2.31. The summed E-state index contributed by atoms with van der Waals surface area (Å²) in [6, 6.07) is 8.35. The van der Waals surface area contributed by atoms with Crippen molar-refractivity contribution >= 4 is 17.7 Å². The van der Waals surface area contributed by atoms with Gasteiger partial charge >= 0.3 is 11.9 Å². The molecule has 0 unspecified atom stereocenters. The second-order valence-electron chi connectivity index (χ2n) is 7.29. The van der Waals surface area contributed by atoms with Gasteiger partial charge in [-0.1, -0.05) is 30.3 Å². The first-order valence-corrected chi connectivity index (χ1v) is 7.67. The van der Waals surface area contributed by atoms with E-state index < -0.39 is 34.5 Å². The molecule has 130 valence electrons. The van der Waals surface area contributed by atoms with Crippen LogP contribution in [0.3, 0.4) is 0 Å². The summed E-state index contributed by atoms with van der Waals surface area (Å²) in [6.45, 7) is 10.1. The minimum Gasteiger partial charge on any atom is -0.456 e. The Morgan fingerprint density at radius 2 is 1.21 bits per heavy atom. The van der Waals surface area contributed by atoms with Crippen LogP contribution in [0.25, 0.3) is 0 Å². The first-order valence-electron chi connectivity index (χ1n) is 7.67. The number of rotatable bonds is 4. The molecule has 5 nitrogen and oxygen atoms in total. The Labute approximate surface area is 142 Å². The van der Waals surface area contributed by atoms with Crippen LogP contribution < -0.4 is 0 Å². The minimum atomic E-state index is -0.888. The third-order valence-electron chi connectivity index (χ3n) is 2.57. The molecule has 1 rings (SSSR count). The standard InChI is InChI=1S/C19H24O5/c1-18(2,3)23-16(21)14(17(22)24-19(4,5)6)12-15(20)13-10-8-7-9-11-13/h7-12H,1-6H3. The Hall–Kier alpha value is -2.43. The molecule has 0 aliphatic heterocycles. The molecule has 5 heteroatoms. The lowest BCUT2D eigenvalue weighted by Gasteiger charge is -2.23. The molecule has 0 fully saturated rings. The molecule has 24 heavy (non-hydrogen) atoms. The maximum atomic E-state index is 12.3. The van der Waals surface area contributed by atoms with Crippen LogP contribution in [0.15, 0.2) is 42.0 Å². The Balaban J connectivity index is 3.17. The van der Waals surface area contributed by atoms with E-state index in [0.717, 1.165) is 6.08 Å². The van der Waals surface area contributed by atoms with Gasteiger partial charge in [0.25, 0.3) is 0 Å². The molecule has 1 aromatic carbocycles. The Kier molecular flexibility index (Phi) is 6.07. The van der Waals surface area contributed by atoms with E-state index in [1.54, 1.807) is 71.9 Å². The van der Waals surface area contributed by atoms with Crippen LogP contribution in [-0.2, 0) is 19.1 Å². The zero-order chi connectivity index (χ0) is 18.5. The second-order valence-corrected chi connectivity index (χ2v) is 7.29. The largest absolute Gasteiger partial charge is 0.456 e. The Bertz CT molecular complexity index is 613. The summed E-state index contributed by atoms with van der Waals surface area (Å²) in [4.78, 5) is 36.9. The number of hydrogen-bond donors (Lipinski definition) is 0. The fraction of sp³-hybridized carbons (Fsp3) is 0.421. The SMILES string of the molecule is CC(C)(C)OC(=O)C(=CC(=O)c1ccccc1)C(=O)OC(C)(C)C. The molecular formula is C19H24O5. The summed E-state index contributed by atoms with van der Waals surface area (Å²) >= 11 is 0. The molecule has 1 aromatic rings. The lowest BCUT2D eigenvalue weighted by molar-refractivity contribution is -0.158. The normalized spacial score (nSPS) is 11.4. The Morgan fingerprint density at radius 3 is 1.58 bits per heavy atom. The van der Waals surface area contributed by atoms with Crippen LogP contribution in [0.4, 0.5) is 0 Å². The summed E-state index contributed by atoms with van der Waals surface area (Å²) < 4.78 is 10.4. The van der Waals surface area contributed by atoms with Crippen LogP contribution in [0.2, 0.25) is 0 Å². The summed E-state index contributed by atoms with van der Waals surface area (Å²) in [5, 5.41) is 0. The van der Waals surface area contributed by atoms with Crippen molar-refractivity contribution in [3.8, 4) is 0 Å². The number of ether oxygens (including phenoxy) is 2. The van der Waals surface area contributed by atoms with Gasteiger partial charge in [0.2, 0.25) is 0 Å². The smallest absolute Gasteiger partial charge is 0.346 e. The van der Waals surface area contributed by atoms with Gasteiger partial charge in [-0.15, -0.1) is 0 Å². The van der Waals surface area contributed by atoms with Gasteiger partial charge in [-0.25, -0.2) is 9.59 Å². The van der Waals surface area contributed by atoms with Crippen molar-refractivity contribution in [1.82, 2.24) is 0 Å². The van der Waals surface area contributed by atoms with Crippen molar-refractivity contribution in [2.45, 2.75) is 52.7 Å². The third-order valence-corrected chi connectivity index (χ3v) is 2.57. The molecule has 0 heterocycles. The van der Waals surface area contributed by atoms with Crippen molar-refractivity contribution < 1.29 is 23.9 Å². The number of esters is 2. The number of carbonyl (C=O) groups excluding carboxylic acids is 3. The molecule has 0 amide bonds. The summed E-state index contributed by atoms with van der Waals surface area (Å²) in [5.41, 5.74) is -1.65. The van der Waals surface area contributed by atoms with Crippen molar-refractivity contribution in [3.63, 3.8) is 0 Å². The van der Waals surface area contributed by atoms with Gasteiger partial charge in [-0.05, 0) is 41.5 Å². The highest BCUT2D eigenvalue weighted by Crippen LogP contribution is 2.17. The molecule has 0 aliphatic rings. The van der Waals surface area contributed by atoms with Crippen LogP contribution in [0, 0.1) is 0 Å². The van der Waals surface area contributed by atoms with Crippen molar-refractivity contribution in [2.24, 2.45) is 0 Å². The Morgan fingerprint density at radius 1 is 0.792 bits per heavy atom. The highest BCUT2D eigenvalue weighted by Gasteiger charge is 2.29. The highest BCUT2D eigenvalue weighted by atomic mass is 16.6. The van der Waals surface area contributed by atoms with Crippen LogP contribution in [0.5, 0.6) is 0 Å². The quantitative estimate of drug-likeness (QED) is 0.277. The zero-order valence-electron chi connectivity index (χ0n) is 15.0. The highest BCUT2D eigenvalue weighted by molar-refractivity contribution is 6.20. The minimum absolute atomic E-state index is 0.363. The van der Waals surface area contributed by atoms with Gasteiger partial charge in [0.05, 0.1) is 0 Å². The van der Waals surface area contributed by atoms with Crippen LogP contribution >= 0.6 is 0 Å². The van der Waals surface area contributed by atoms with E-state index in [1.807, 2.05) is 0 Å². The molecule has 0 bridgehead atoms. The van der Waals surface area contributed by atoms with Crippen LogP contribution in [0.1, 0.15) is 51.9 Å². The average Bonchev–Trinajstić information content (AvgIpc) is 2.41. The van der Waals surface area contributed by atoms with E-state index in [2.05, 4.69) is 0 Å². The third kappa shape index (κ3) is 6.77. The maximum Gasteiger partial charge on any atom is 0.346 e. The van der Waals surface area contributed by atoms with E-state index in [0.29, 0.717) is 5.56 Å². The fourth-order valence-corrected chi connectivity index (χ4v) is 1.68. The van der Waals surface area contributed by atoms with E-state index in [1.165, 1.54) is 0 Å². The number of hydrogen-bond acceptors (Lipinski definition) is 5. The van der Waals surface area contributed by atoms with E-state index >= 15 is 0 Å². The van der Waals surface area contributed by atoms with Gasteiger partial charge < -0.3 is 9.47 Å². The lowest BCUT2D eigenvalue weighted by atomic mass is 10.1. The van der Waals surface area contributed by atoms with Crippen molar-refractivity contribution in [3.05, 3.63) is 47.5 Å². The van der Waals surface area contributed by atoms with Gasteiger partial charge in [0.1, 0.15) is 16.8 Å². The molecule has 0 saturated heterocycles. The van der Waals surface area contributed by atoms with E-state index in [9.17, 15) is 14.4 Å². The first-order chi connectivity index (χ1) is 10.9. The summed E-state index contributed by atoms with van der Waals surface area (Å²) in [6.07, 6.45) is 0.970. The maximum absolute atomic E-state index is 12.3. The predicted molar refractivity (Wildman–Crippen MR) is 90.5 cm³/mol. The van der Waals surface area contributed by atoms with E-state index in [-0.39, 0.29) is 0 Å². The van der Waals surface area contributed by atoms with Gasteiger partial charge in [0, 0.05) is 11.6 Å². The molecule has 0 atom stereocenters. The van der Waals surface area contributed by atoms with Crippen LogP contribution in [-0.4, -0.2) is 28.9 Å². The fourth-order valence-electron chi connectivity index (χ4n) is 1.68. The number of allylic oxidation sites excluding steroid dienone is 1.